The van der Waals surface area contributed by atoms with Crippen molar-refractivity contribution in [1.82, 2.24) is 20.4 Å². The minimum atomic E-state index is -4.36. The Morgan fingerprint density at radius 1 is 1.07 bits per heavy atom. The molecule has 1 unspecified atom stereocenters. The number of halogens is 3. The van der Waals surface area contributed by atoms with Crippen LogP contribution in [0.2, 0.25) is 0 Å². The average Bonchev–Trinajstić information content (AvgIpc) is 3.17. The summed E-state index contributed by atoms with van der Waals surface area (Å²) in [7, 11) is 2.01. The van der Waals surface area contributed by atoms with Crippen molar-refractivity contribution in [1.29, 1.82) is 0 Å². The Bertz CT molecular complexity index is 953. The van der Waals surface area contributed by atoms with E-state index in [2.05, 4.69) is 20.4 Å². The van der Waals surface area contributed by atoms with E-state index in [1.165, 1.54) is 12.1 Å². The molecule has 0 bridgehead atoms. The van der Waals surface area contributed by atoms with Crippen molar-refractivity contribution in [3.05, 3.63) is 59.9 Å². The van der Waals surface area contributed by atoms with Crippen LogP contribution in [0.5, 0.6) is 0 Å². The average molecular weight is 388 g/mol. The molecule has 1 saturated heterocycles. The van der Waals surface area contributed by atoms with E-state index in [9.17, 15) is 13.2 Å². The molecule has 5 nitrogen and oxygen atoms in total. The van der Waals surface area contributed by atoms with Crippen LogP contribution >= 0.6 is 0 Å². The Balaban J connectivity index is 1.67. The number of benzene rings is 2. The van der Waals surface area contributed by atoms with E-state index in [0.717, 1.165) is 37.3 Å². The van der Waals surface area contributed by atoms with Crippen LogP contribution < -0.4 is 5.32 Å². The molecule has 0 aliphatic carbocycles. The highest BCUT2D eigenvalue weighted by molar-refractivity contribution is 5.79. The first kappa shape index (κ1) is 18.6. The molecule has 2 heterocycles. The van der Waals surface area contributed by atoms with Crippen molar-refractivity contribution < 1.29 is 17.7 Å². The summed E-state index contributed by atoms with van der Waals surface area (Å²) in [4.78, 5) is 6.72. The zero-order valence-electron chi connectivity index (χ0n) is 15.2. The molecular formula is C20H19F3N4O. The van der Waals surface area contributed by atoms with Gasteiger partial charge in [-0.1, -0.05) is 35.5 Å². The molecular weight excluding hydrogens is 369 g/mol. The fraction of sp³-hybridized carbons (Fsp3) is 0.300. The zero-order chi connectivity index (χ0) is 19.7. The third-order valence-corrected chi connectivity index (χ3v) is 4.93. The van der Waals surface area contributed by atoms with Crippen molar-refractivity contribution in [2.24, 2.45) is 0 Å². The highest BCUT2D eigenvalue weighted by atomic mass is 19.4. The van der Waals surface area contributed by atoms with Gasteiger partial charge in [0.25, 0.3) is 5.89 Å². The Hall–Kier alpha value is -2.71. The van der Waals surface area contributed by atoms with Gasteiger partial charge in [0.15, 0.2) is 5.82 Å². The molecule has 8 heteroatoms. The second kappa shape index (κ2) is 7.37. The summed E-state index contributed by atoms with van der Waals surface area (Å²) >= 11 is 0. The van der Waals surface area contributed by atoms with Gasteiger partial charge in [-0.25, -0.2) is 0 Å². The van der Waals surface area contributed by atoms with E-state index in [4.69, 9.17) is 4.52 Å². The number of hydrogen-bond acceptors (Lipinski definition) is 5. The van der Waals surface area contributed by atoms with Gasteiger partial charge in [0.1, 0.15) is 0 Å². The van der Waals surface area contributed by atoms with Gasteiger partial charge in [-0.3, -0.25) is 4.90 Å². The Morgan fingerprint density at radius 2 is 1.79 bits per heavy atom. The van der Waals surface area contributed by atoms with Crippen LogP contribution in [0.1, 0.15) is 17.4 Å². The summed E-state index contributed by atoms with van der Waals surface area (Å²) in [5.74, 6) is 0.941. The summed E-state index contributed by atoms with van der Waals surface area (Å²) in [6.45, 7) is 2.53. The predicted octanol–water partition coefficient (Wildman–Crippen LogP) is 4.00. The topological polar surface area (TPSA) is 54.2 Å². The predicted molar refractivity (Wildman–Crippen MR) is 98.4 cm³/mol. The van der Waals surface area contributed by atoms with Crippen molar-refractivity contribution in [2.75, 3.05) is 26.7 Å². The first-order valence-corrected chi connectivity index (χ1v) is 8.95. The van der Waals surface area contributed by atoms with Gasteiger partial charge in [0.2, 0.25) is 0 Å². The molecule has 146 valence electrons. The van der Waals surface area contributed by atoms with E-state index >= 15 is 0 Å². The van der Waals surface area contributed by atoms with Crippen molar-refractivity contribution >= 4 is 0 Å². The lowest BCUT2D eigenvalue weighted by Crippen LogP contribution is -2.44. The number of likely N-dealkylation sites (N-methyl/N-ethyl adjacent to an activating group) is 1. The smallest absolute Gasteiger partial charge is 0.334 e. The summed E-state index contributed by atoms with van der Waals surface area (Å²) in [6.07, 6.45) is -4.36. The van der Waals surface area contributed by atoms with Gasteiger partial charge < -0.3 is 9.84 Å². The molecule has 1 fully saturated rings. The number of alkyl halides is 3. The maximum atomic E-state index is 12.8. The van der Waals surface area contributed by atoms with Crippen LogP contribution in [0.15, 0.2) is 53.1 Å². The fourth-order valence-electron chi connectivity index (χ4n) is 3.33. The van der Waals surface area contributed by atoms with Gasteiger partial charge in [-0.05, 0) is 36.4 Å². The summed E-state index contributed by atoms with van der Waals surface area (Å²) in [5, 5.41) is 7.44. The van der Waals surface area contributed by atoms with Gasteiger partial charge in [0, 0.05) is 25.2 Å². The molecule has 1 aromatic heterocycles. The molecule has 2 aromatic carbocycles. The molecule has 0 saturated carbocycles. The third kappa shape index (κ3) is 3.65. The molecule has 0 radical (unpaired) electrons. The monoisotopic (exact) mass is 388 g/mol. The summed E-state index contributed by atoms with van der Waals surface area (Å²) in [5.41, 5.74) is 1.40. The highest BCUT2D eigenvalue weighted by Crippen LogP contribution is 2.35. The number of hydrogen-bond donors (Lipinski definition) is 1. The molecule has 4 rings (SSSR count). The fourth-order valence-corrected chi connectivity index (χ4v) is 3.33. The van der Waals surface area contributed by atoms with Gasteiger partial charge in [-0.15, -0.1) is 0 Å². The van der Waals surface area contributed by atoms with Gasteiger partial charge in [0.05, 0.1) is 11.6 Å². The Morgan fingerprint density at radius 3 is 2.46 bits per heavy atom. The number of nitrogens with one attached hydrogen (secondary N) is 1. The van der Waals surface area contributed by atoms with E-state index in [0.29, 0.717) is 22.8 Å². The lowest BCUT2D eigenvalue weighted by atomic mass is 9.98. The molecule has 1 atom stereocenters. The molecule has 0 amide bonds. The summed E-state index contributed by atoms with van der Waals surface area (Å²) in [6, 6.07) is 12.4. The molecule has 1 N–H and O–H groups in total. The van der Waals surface area contributed by atoms with Crippen LogP contribution in [-0.4, -0.2) is 41.7 Å². The minimum Gasteiger partial charge on any atom is -0.334 e. The molecule has 0 spiro atoms. The third-order valence-electron chi connectivity index (χ3n) is 4.93. The van der Waals surface area contributed by atoms with Gasteiger partial charge in [-0.2, -0.15) is 18.2 Å². The second-order valence-corrected chi connectivity index (χ2v) is 6.78. The van der Waals surface area contributed by atoms with E-state index in [-0.39, 0.29) is 6.04 Å². The lowest BCUT2D eigenvalue weighted by Gasteiger charge is -2.30. The van der Waals surface area contributed by atoms with Crippen LogP contribution in [0, 0.1) is 0 Å². The molecule has 3 aromatic rings. The van der Waals surface area contributed by atoms with E-state index < -0.39 is 11.7 Å². The van der Waals surface area contributed by atoms with E-state index in [1.54, 1.807) is 0 Å². The van der Waals surface area contributed by atoms with Crippen LogP contribution in [0.4, 0.5) is 13.2 Å². The standard InChI is InChI=1S/C20H19F3N4O/c1-27-11-10-24-12-17(27)18-25-19(28-26-18)16-5-3-2-4-15(16)13-6-8-14(9-7-13)20(21,22)23/h2-9,17,24H,10-12H2,1H3. The number of nitrogens with zero attached hydrogens (tertiary/aromatic N) is 3. The van der Waals surface area contributed by atoms with Crippen LogP contribution in [-0.2, 0) is 6.18 Å². The van der Waals surface area contributed by atoms with Crippen LogP contribution in [0.3, 0.4) is 0 Å². The summed E-state index contributed by atoms with van der Waals surface area (Å²) < 4.78 is 44.0. The van der Waals surface area contributed by atoms with Crippen molar-refractivity contribution in [2.45, 2.75) is 12.2 Å². The minimum absolute atomic E-state index is 0.0180. The number of rotatable bonds is 3. The first-order chi connectivity index (χ1) is 13.4. The lowest BCUT2D eigenvalue weighted by molar-refractivity contribution is -0.137. The van der Waals surface area contributed by atoms with E-state index in [1.807, 2.05) is 31.3 Å². The molecule has 1 aliphatic rings. The van der Waals surface area contributed by atoms with Crippen molar-refractivity contribution in [3.8, 4) is 22.6 Å². The second-order valence-electron chi connectivity index (χ2n) is 6.78. The first-order valence-electron chi connectivity index (χ1n) is 8.95. The molecule has 28 heavy (non-hydrogen) atoms. The van der Waals surface area contributed by atoms with Crippen molar-refractivity contribution in [3.63, 3.8) is 0 Å². The van der Waals surface area contributed by atoms with Crippen LogP contribution in [0.25, 0.3) is 22.6 Å². The Labute approximate surface area is 160 Å². The highest BCUT2D eigenvalue weighted by Gasteiger charge is 2.30. The zero-order valence-corrected chi connectivity index (χ0v) is 15.2. The Kier molecular flexibility index (Phi) is 4.91. The SMILES string of the molecule is CN1CCNCC1c1noc(-c2ccccc2-c2ccc(C(F)(F)F)cc2)n1. The maximum Gasteiger partial charge on any atom is 0.416 e. The van der Waals surface area contributed by atoms with Gasteiger partial charge >= 0.3 is 6.18 Å². The molecule has 1 aliphatic heterocycles. The number of piperazine rings is 1. The number of aromatic nitrogens is 2. The largest absolute Gasteiger partial charge is 0.416 e. The quantitative estimate of drug-likeness (QED) is 0.735. The normalized spacial score (nSPS) is 18.4. The maximum absolute atomic E-state index is 12.8.